The lowest BCUT2D eigenvalue weighted by molar-refractivity contribution is -0.0532. The molecule has 3 N–H and O–H groups in total. The SMILES string of the molecule is N#Cc1cn2c(Nc3cc([C@@H]4CC[C@H](OC(=O)NC56CC(C5)C6)[C@H]4F)[nH]n3)ncc(-c3cccnc3)c2n1. The average molecular weight is 514 g/mol. The van der Waals surface area contributed by atoms with Gasteiger partial charge in [0.25, 0.3) is 0 Å². The highest BCUT2D eigenvalue weighted by Gasteiger charge is 2.58. The number of nitrogens with zero attached hydrogens (tertiary/aromatic N) is 6. The van der Waals surface area contributed by atoms with Crippen LogP contribution in [0.15, 0.2) is 43.0 Å². The average Bonchev–Trinajstić information content (AvgIpc) is 3.61. The molecule has 0 unspecified atom stereocenters. The van der Waals surface area contributed by atoms with Gasteiger partial charge in [-0.1, -0.05) is 6.07 Å². The smallest absolute Gasteiger partial charge is 0.407 e. The van der Waals surface area contributed by atoms with Crippen LogP contribution in [0.3, 0.4) is 0 Å². The molecule has 4 heterocycles. The Hall–Kier alpha value is -4.53. The number of fused-ring (bicyclic) bond motifs is 1. The summed E-state index contributed by atoms with van der Waals surface area (Å²) >= 11 is 0. The van der Waals surface area contributed by atoms with E-state index in [-0.39, 0.29) is 11.2 Å². The number of amides is 1. The number of hydrogen-bond acceptors (Lipinski definition) is 8. The van der Waals surface area contributed by atoms with Gasteiger partial charge in [0.2, 0.25) is 5.95 Å². The molecule has 0 aliphatic heterocycles. The molecule has 12 heteroatoms. The highest BCUT2D eigenvalue weighted by Crippen LogP contribution is 2.57. The monoisotopic (exact) mass is 513 g/mol. The number of anilines is 2. The van der Waals surface area contributed by atoms with Crippen LogP contribution >= 0.6 is 0 Å². The number of carbonyl (C=O) groups excluding carboxylic acids is 1. The summed E-state index contributed by atoms with van der Waals surface area (Å²) in [5.41, 5.74) is 2.83. The number of imidazole rings is 1. The fourth-order valence-corrected chi connectivity index (χ4v) is 5.94. The number of carbonyl (C=O) groups is 1. The number of alkyl halides is 1. The highest BCUT2D eigenvalue weighted by atomic mass is 19.1. The fourth-order valence-electron chi connectivity index (χ4n) is 5.94. The fraction of sp³-hybridized carbons (Fsp3) is 0.385. The van der Waals surface area contributed by atoms with Gasteiger partial charge in [-0.3, -0.25) is 14.5 Å². The van der Waals surface area contributed by atoms with Crippen LogP contribution in [0.4, 0.5) is 21.0 Å². The summed E-state index contributed by atoms with van der Waals surface area (Å²) in [6, 6.07) is 7.50. The maximum atomic E-state index is 15.3. The van der Waals surface area contributed by atoms with Crippen molar-refractivity contribution in [3.05, 3.63) is 54.4 Å². The van der Waals surface area contributed by atoms with Gasteiger partial charge in [0.05, 0.1) is 6.20 Å². The van der Waals surface area contributed by atoms with Crippen LogP contribution in [-0.4, -0.2) is 53.5 Å². The van der Waals surface area contributed by atoms with Crippen LogP contribution in [0.1, 0.15) is 49.4 Å². The minimum Gasteiger partial charge on any atom is -0.443 e. The van der Waals surface area contributed by atoms with E-state index < -0.39 is 24.3 Å². The second-order valence-electron chi connectivity index (χ2n) is 10.5. The standard InChI is InChI=1S/C26H24FN9O2/c27-22-17(3-4-20(22)38-25(37)33-26-7-14(8-26)9-26)19-6-21(35-34-19)32-24-30-12-18(15-2-1-5-29-11-15)23-31-16(10-28)13-36(23)24/h1-2,5-6,11-14,17,20,22H,3-4,7-9H2,(H,33,37)(H2,30,32,34,35)/t14?,17-,20-,22-,26?/m0/s1. The molecule has 192 valence electrons. The summed E-state index contributed by atoms with van der Waals surface area (Å²) in [6.07, 6.45) is 7.97. The lowest BCUT2D eigenvalue weighted by Crippen LogP contribution is -2.68. The second-order valence-corrected chi connectivity index (χ2v) is 10.5. The van der Waals surface area contributed by atoms with Gasteiger partial charge in [-0.15, -0.1) is 0 Å². The zero-order chi connectivity index (χ0) is 25.9. The van der Waals surface area contributed by atoms with E-state index in [1.165, 1.54) is 0 Å². The van der Waals surface area contributed by atoms with Crippen molar-refractivity contribution < 1.29 is 13.9 Å². The van der Waals surface area contributed by atoms with E-state index in [0.29, 0.717) is 35.9 Å². The van der Waals surface area contributed by atoms with Gasteiger partial charge in [-0.05, 0) is 44.1 Å². The molecular weight excluding hydrogens is 489 g/mol. The number of aromatic amines is 1. The van der Waals surface area contributed by atoms with E-state index in [1.54, 1.807) is 35.3 Å². The normalized spacial score (nSPS) is 27.3. The molecule has 4 aliphatic carbocycles. The first kappa shape index (κ1) is 22.7. The van der Waals surface area contributed by atoms with Crippen molar-refractivity contribution in [2.24, 2.45) is 5.92 Å². The third-order valence-corrected chi connectivity index (χ3v) is 7.98. The van der Waals surface area contributed by atoms with Crippen molar-refractivity contribution >= 4 is 23.5 Å². The van der Waals surface area contributed by atoms with Crippen LogP contribution in [0.2, 0.25) is 0 Å². The minimum absolute atomic E-state index is 0.103. The molecule has 4 aliphatic rings. The third-order valence-electron chi connectivity index (χ3n) is 7.98. The minimum atomic E-state index is -1.34. The summed E-state index contributed by atoms with van der Waals surface area (Å²) in [4.78, 5) is 25.4. The Balaban J connectivity index is 1.07. The number of nitriles is 1. The Labute approximate surface area is 216 Å². The molecule has 0 saturated heterocycles. The van der Waals surface area contributed by atoms with Crippen molar-refractivity contribution in [3.63, 3.8) is 0 Å². The van der Waals surface area contributed by atoms with E-state index in [9.17, 15) is 10.1 Å². The Kier molecular flexibility index (Phi) is 5.07. The van der Waals surface area contributed by atoms with E-state index in [0.717, 1.165) is 36.3 Å². The zero-order valence-electron chi connectivity index (χ0n) is 20.3. The van der Waals surface area contributed by atoms with Gasteiger partial charge in [0.1, 0.15) is 18.3 Å². The van der Waals surface area contributed by atoms with Crippen LogP contribution in [-0.2, 0) is 4.74 Å². The largest absolute Gasteiger partial charge is 0.443 e. The highest BCUT2D eigenvalue weighted by molar-refractivity contribution is 5.78. The van der Waals surface area contributed by atoms with Gasteiger partial charge in [0.15, 0.2) is 17.2 Å². The van der Waals surface area contributed by atoms with Crippen LogP contribution in [0.25, 0.3) is 16.8 Å². The van der Waals surface area contributed by atoms with Gasteiger partial charge < -0.3 is 15.4 Å². The molecule has 4 aromatic heterocycles. The molecule has 4 saturated carbocycles. The Morgan fingerprint density at radius 2 is 2.16 bits per heavy atom. The molecule has 1 amide bonds. The summed E-state index contributed by atoms with van der Waals surface area (Å²) in [6.45, 7) is 0. The third kappa shape index (κ3) is 3.73. The molecule has 38 heavy (non-hydrogen) atoms. The van der Waals surface area contributed by atoms with E-state index in [2.05, 4.69) is 41.9 Å². The van der Waals surface area contributed by atoms with Gasteiger partial charge in [0, 0.05) is 52.9 Å². The first-order chi connectivity index (χ1) is 18.5. The number of H-pyrrole nitrogens is 1. The molecule has 2 bridgehead atoms. The molecular formula is C26H24FN9O2. The van der Waals surface area contributed by atoms with E-state index in [1.807, 2.05) is 12.1 Å². The van der Waals surface area contributed by atoms with Crippen molar-refractivity contribution in [1.29, 1.82) is 5.26 Å². The molecule has 4 aromatic rings. The van der Waals surface area contributed by atoms with Gasteiger partial charge >= 0.3 is 6.09 Å². The van der Waals surface area contributed by atoms with Crippen LogP contribution in [0, 0.1) is 17.2 Å². The topological polar surface area (TPSA) is 146 Å². The van der Waals surface area contributed by atoms with Crippen molar-refractivity contribution in [1.82, 2.24) is 34.9 Å². The molecule has 0 aromatic carbocycles. The van der Waals surface area contributed by atoms with Crippen molar-refractivity contribution in [2.75, 3.05) is 5.32 Å². The molecule has 3 atom stereocenters. The number of halogens is 1. The molecule has 11 nitrogen and oxygen atoms in total. The number of ether oxygens (including phenoxy) is 1. The maximum Gasteiger partial charge on any atom is 0.407 e. The van der Waals surface area contributed by atoms with Gasteiger partial charge in [-0.25, -0.2) is 19.2 Å². The molecule has 8 rings (SSSR count). The molecule has 4 fully saturated rings. The Morgan fingerprint density at radius 1 is 1.29 bits per heavy atom. The predicted molar refractivity (Wildman–Crippen MR) is 133 cm³/mol. The number of rotatable bonds is 6. The second kappa shape index (κ2) is 8.51. The van der Waals surface area contributed by atoms with E-state index in [4.69, 9.17) is 4.74 Å². The number of aromatic nitrogens is 6. The van der Waals surface area contributed by atoms with Gasteiger partial charge in [-0.2, -0.15) is 10.4 Å². The summed E-state index contributed by atoms with van der Waals surface area (Å²) in [5.74, 6) is 1.10. The number of alkyl carbamates (subject to hydrolysis) is 1. The quantitative estimate of drug-likeness (QED) is 0.351. The zero-order valence-corrected chi connectivity index (χ0v) is 20.3. The molecule has 0 radical (unpaired) electrons. The predicted octanol–water partition coefficient (Wildman–Crippen LogP) is 3.99. The number of hydrogen-bond donors (Lipinski definition) is 3. The first-order valence-corrected chi connectivity index (χ1v) is 12.6. The Morgan fingerprint density at radius 3 is 2.89 bits per heavy atom. The molecule has 0 spiro atoms. The maximum absolute atomic E-state index is 15.3. The summed E-state index contributed by atoms with van der Waals surface area (Å²) in [5, 5.41) is 22.7. The number of pyridine rings is 1. The lowest BCUT2D eigenvalue weighted by Gasteiger charge is -2.61. The number of nitrogens with one attached hydrogen (secondary N) is 3. The van der Waals surface area contributed by atoms with E-state index >= 15 is 4.39 Å². The Bertz CT molecular complexity index is 1560. The lowest BCUT2D eigenvalue weighted by atomic mass is 9.50. The van der Waals surface area contributed by atoms with Crippen molar-refractivity contribution in [2.45, 2.75) is 55.8 Å². The first-order valence-electron chi connectivity index (χ1n) is 12.6. The summed E-state index contributed by atoms with van der Waals surface area (Å²) in [7, 11) is 0. The van der Waals surface area contributed by atoms with Crippen LogP contribution in [0.5, 0.6) is 0 Å². The van der Waals surface area contributed by atoms with Crippen molar-refractivity contribution in [3.8, 4) is 17.2 Å². The summed E-state index contributed by atoms with van der Waals surface area (Å²) < 4.78 is 22.4. The van der Waals surface area contributed by atoms with Crippen LogP contribution < -0.4 is 10.6 Å².